The second kappa shape index (κ2) is 15.7. The summed E-state index contributed by atoms with van der Waals surface area (Å²) in [6, 6.07) is 2.26. The zero-order chi connectivity index (χ0) is 27.4. The molecule has 2 amide bonds. The van der Waals surface area contributed by atoms with Gasteiger partial charge in [-0.2, -0.15) is 0 Å². The maximum Gasteiger partial charge on any atom is 0.336 e. The van der Waals surface area contributed by atoms with Gasteiger partial charge in [0.15, 0.2) is 6.79 Å². The molecule has 37 heavy (non-hydrogen) atoms. The Labute approximate surface area is 225 Å². The molecule has 11 heteroatoms. The van der Waals surface area contributed by atoms with Gasteiger partial charge in [-0.15, -0.1) is 11.8 Å². The number of thioether (sulfide) groups is 1. The van der Waals surface area contributed by atoms with Crippen LogP contribution in [0.25, 0.3) is 0 Å². The summed E-state index contributed by atoms with van der Waals surface area (Å²) < 4.78 is 30.4. The minimum absolute atomic E-state index is 0.0287. The lowest BCUT2D eigenvalue weighted by Crippen LogP contribution is -2.39. The number of hydrogen-bond acceptors (Lipinski definition) is 8. The third kappa shape index (κ3) is 8.83. The molecule has 204 valence electrons. The molecule has 0 bridgehead atoms. The maximum absolute atomic E-state index is 15.1. The van der Waals surface area contributed by atoms with Gasteiger partial charge in [-0.25, -0.2) is 14.1 Å². The van der Waals surface area contributed by atoms with Crippen LogP contribution in [0.1, 0.15) is 65.7 Å². The number of esters is 2. The van der Waals surface area contributed by atoms with Crippen LogP contribution >= 0.6 is 23.4 Å². The Kier molecular flexibility index (Phi) is 13.1. The van der Waals surface area contributed by atoms with Crippen molar-refractivity contribution in [2.45, 2.75) is 70.6 Å². The number of benzene rings is 1. The molecule has 0 spiro atoms. The van der Waals surface area contributed by atoms with Crippen molar-refractivity contribution in [3.8, 4) is 0 Å². The number of carbonyl (C=O) groups is 4. The predicted octanol–water partition coefficient (Wildman–Crippen LogP) is 5.59. The lowest BCUT2D eigenvalue weighted by molar-refractivity contribution is -0.151. The normalized spacial score (nSPS) is 13.3. The number of hydrogen-bond donors (Lipinski definition) is 0. The summed E-state index contributed by atoms with van der Waals surface area (Å²) in [4.78, 5) is 52.2. The van der Waals surface area contributed by atoms with Crippen LogP contribution < -0.4 is 4.90 Å². The Morgan fingerprint density at radius 2 is 1.76 bits per heavy atom. The molecule has 0 aliphatic heterocycles. The van der Waals surface area contributed by atoms with Crippen LogP contribution in [-0.4, -0.2) is 49.5 Å². The van der Waals surface area contributed by atoms with Crippen molar-refractivity contribution >= 4 is 52.8 Å². The Balaban J connectivity index is 2.39. The second-order valence-corrected chi connectivity index (χ2v) is 9.62. The molecule has 0 N–H and O–H groups in total. The number of nitrogens with zero attached hydrogens (tertiary/aromatic N) is 1. The van der Waals surface area contributed by atoms with Crippen LogP contribution in [0.3, 0.4) is 0 Å². The second-order valence-electron chi connectivity index (χ2n) is 8.19. The van der Waals surface area contributed by atoms with Crippen LogP contribution in [0, 0.1) is 5.82 Å². The van der Waals surface area contributed by atoms with Gasteiger partial charge in [-0.3, -0.25) is 14.4 Å². The van der Waals surface area contributed by atoms with Crippen molar-refractivity contribution in [1.82, 2.24) is 0 Å². The first kappa shape index (κ1) is 30.8. The monoisotopic (exact) mass is 557 g/mol. The molecule has 1 aromatic carbocycles. The number of carbonyl (C=O) groups excluding carboxylic acids is 4. The summed E-state index contributed by atoms with van der Waals surface area (Å²) in [5, 5.41) is 0.0287. The first-order chi connectivity index (χ1) is 17.7. The molecular formula is C26H33ClFNO7S. The molecule has 0 saturated carbocycles. The van der Waals surface area contributed by atoms with Gasteiger partial charge in [0.05, 0.1) is 23.1 Å². The van der Waals surface area contributed by atoms with Gasteiger partial charge in [0.1, 0.15) is 5.82 Å². The smallest absolute Gasteiger partial charge is 0.336 e. The fourth-order valence-corrected chi connectivity index (χ4v) is 4.65. The predicted molar refractivity (Wildman–Crippen MR) is 139 cm³/mol. The highest BCUT2D eigenvalue weighted by molar-refractivity contribution is 8.00. The molecule has 2 rings (SSSR count). The average molecular weight is 558 g/mol. The van der Waals surface area contributed by atoms with E-state index in [2.05, 4.69) is 0 Å². The topological polar surface area (TPSA) is 99.2 Å². The zero-order valence-electron chi connectivity index (χ0n) is 21.4. The van der Waals surface area contributed by atoms with E-state index in [1.807, 2.05) is 6.92 Å². The van der Waals surface area contributed by atoms with E-state index in [1.165, 1.54) is 6.07 Å². The van der Waals surface area contributed by atoms with Crippen molar-refractivity contribution in [1.29, 1.82) is 0 Å². The van der Waals surface area contributed by atoms with Gasteiger partial charge in [-0.05, 0) is 51.2 Å². The molecule has 0 radical (unpaired) electrons. The SMILES string of the molecule is CCCCOC(=O)CSc1cc(N(C(=O)CC)C(=O)C2=C(C(=O)OCOCC)CCCC2)c(F)cc1Cl. The Bertz CT molecular complexity index is 1030. The van der Waals surface area contributed by atoms with E-state index in [4.69, 9.17) is 25.8 Å². The van der Waals surface area contributed by atoms with Gasteiger partial charge < -0.3 is 14.2 Å². The highest BCUT2D eigenvalue weighted by Crippen LogP contribution is 2.36. The molecular weight excluding hydrogens is 525 g/mol. The van der Waals surface area contributed by atoms with Gasteiger partial charge in [-0.1, -0.05) is 31.9 Å². The fourth-order valence-electron chi connectivity index (χ4n) is 3.59. The van der Waals surface area contributed by atoms with E-state index in [1.54, 1.807) is 13.8 Å². The summed E-state index contributed by atoms with van der Waals surface area (Å²) in [5.41, 5.74) is -0.0375. The molecule has 0 heterocycles. The number of ether oxygens (including phenoxy) is 3. The van der Waals surface area contributed by atoms with Crippen molar-refractivity contribution in [3.63, 3.8) is 0 Å². The lowest BCUT2D eigenvalue weighted by Gasteiger charge is -2.26. The number of unbranched alkanes of at least 4 members (excludes halogenated alkanes) is 1. The number of imide groups is 1. The summed E-state index contributed by atoms with van der Waals surface area (Å²) in [5.74, 6) is -3.56. The van der Waals surface area contributed by atoms with E-state index in [0.717, 1.165) is 35.6 Å². The first-order valence-corrected chi connectivity index (χ1v) is 13.7. The quantitative estimate of drug-likeness (QED) is 0.134. The molecule has 0 fully saturated rings. The van der Waals surface area contributed by atoms with E-state index < -0.39 is 29.6 Å². The van der Waals surface area contributed by atoms with Gasteiger partial charge >= 0.3 is 11.9 Å². The van der Waals surface area contributed by atoms with Crippen LogP contribution in [0.2, 0.25) is 5.02 Å². The molecule has 0 atom stereocenters. The molecule has 0 aromatic heterocycles. The third-order valence-corrected chi connectivity index (χ3v) is 7.01. The Morgan fingerprint density at radius 3 is 2.41 bits per heavy atom. The van der Waals surface area contributed by atoms with E-state index in [9.17, 15) is 19.2 Å². The third-order valence-electron chi connectivity index (χ3n) is 5.55. The molecule has 1 aliphatic carbocycles. The molecule has 0 unspecified atom stereocenters. The summed E-state index contributed by atoms with van der Waals surface area (Å²) >= 11 is 7.21. The molecule has 1 aliphatic rings. The van der Waals surface area contributed by atoms with E-state index in [0.29, 0.717) is 37.4 Å². The minimum Gasteiger partial charge on any atom is -0.465 e. The van der Waals surface area contributed by atoms with Crippen molar-refractivity contribution < 1.29 is 37.8 Å². The fraction of sp³-hybridized carbons (Fsp3) is 0.538. The summed E-state index contributed by atoms with van der Waals surface area (Å²) in [7, 11) is 0. The number of halogens is 2. The Hall–Kier alpha value is -2.43. The number of rotatable bonds is 13. The molecule has 1 aromatic rings. The number of anilines is 1. The van der Waals surface area contributed by atoms with E-state index >= 15 is 4.39 Å². The van der Waals surface area contributed by atoms with E-state index in [-0.39, 0.29) is 47.2 Å². The summed E-state index contributed by atoms with van der Waals surface area (Å²) in [6.07, 6.45) is 3.37. The highest BCUT2D eigenvalue weighted by Gasteiger charge is 2.33. The first-order valence-electron chi connectivity index (χ1n) is 12.4. The van der Waals surface area contributed by atoms with Crippen LogP contribution in [0.4, 0.5) is 10.1 Å². The Morgan fingerprint density at radius 1 is 1.05 bits per heavy atom. The lowest BCUT2D eigenvalue weighted by atomic mass is 9.90. The van der Waals surface area contributed by atoms with Gasteiger partial charge in [0.25, 0.3) is 5.91 Å². The molecule has 8 nitrogen and oxygen atoms in total. The number of amides is 2. The van der Waals surface area contributed by atoms with Crippen LogP contribution in [-0.2, 0) is 33.4 Å². The molecule has 0 saturated heterocycles. The highest BCUT2D eigenvalue weighted by atomic mass is 35.5. The largest absolute Gasteiger partial charge is 0.465 e. The van der Waals surface area contributed by atoms with Gasteiger partial charge in [0, 0.05) is 29.1 Å². The van der Waals surface area contributed by atoms with Crippen LogP contribution in [0.15, 0.2) is 28.2 Å². The maximum atomic E-state index is 15.1. The average Bonchev–Trinajstić information content (AvgIpc) is 2.89. The van der Waals surface area contributed by atoms with Crippen molar-refractivity contribution in [2.75, 3.05) is 30.7 Å². The minimum atomic E-state index is -0.882. The van der Waals surface area contributed by atoms with Crippen molar-refractivity contribution in [3.05, 3.63) is 34.1 Å². The van der Waals surface area contributed by atoms with Gasteiger partial charge in [0.2, 0.25) is 5.91 Å². The summed E-state index contributed by atoms with van der Waals surface area (Å²) in [6.45, 7) is 5.67. The standard InChI is InChI=1S/C26H33ClFNO7S/c1-4-7-12-35-24(31)15-37-22-14-21(20(28)13-19(22)27)29(23(30)5-2)25(32)17-10-8-9-11-18(17)26(33)36-16-34-6-3/h13-14H,4-12,15-16H2,1-3H3. The van der Waals surface area contributed by atoms with Crippen molar-refractivity contribution in [2.24, 2.45) is 0 Å². The van der Waals surface area contributed by atoms with Crippen LogP contribution in [0.5, 0.6) is 0 Å². The zero-order valence-corrected chi connectivity index (χ0v) is 23.0.